The van der Waals surface area contributed by atoms with Gasteiger partial charge in [-0.1, -0.05) is 12.8 Å². The molecule has 1 aromatic heterocycles. The minimum atomic E-state index is -0.420. The second-order valence-electron chi connectivity index (χ2n) is 5.62. The van der Waals surface area contributed by atoms with Crippen molar-refractivity contribution < 1.29 is 14.3 Å². The van der Waals surface area contributed by atoms with Crippen molar-refractivity contribution in [1.29, 1.82) is 0 Å². The summed E-state index contributed by atoms with van der Waals surface area (Å²) in [5, 5.41) is 7.23. The third-order valence-electron chi connectivity index (χ3n) is 4.15. The summed E-state index contributed by atoms with van der Waals surface area (Å²) in [4.78, 5) is 23.8. The quantitative estimate of drug-likeness (QED) is 0.881. The molecule has 1 N–H and O–H groups in total. The zero-order valence-corrected chi connectivity index (χ0v) is 13.0. The van der Waals surface area contributed by atoms with Crippen LogP contribution in [0, 0.1) is 0 Å². The molecule has 1 heterocycles. The van der Waals surface area contributed by atoms with E-state index in [1.165, 1.54) is 20.0 Å². The molecule has 120 valence electrons. The van der Waals surface area contributed by atoms with Crippen molar-refractivity contribution in [1.82, 2.24) is 9.78 Å². The average molecular weight is 313 g/mol. The van der Waals surface area contributed by atoms with Crippen LogP contribution in [0.4, 0.5) is 5.82 Å². The number of amides is 1. The average Bonchev–Trinajstić information content (AvgIpc) is 3.25. The number of nitrogens with zero attached hydrogens (tertiary/aromatic N) is 2. The van der Waals surface area contributed by atoms with Crippen LogP contribution in [-0.2, 0) is 4.74 Å². The summed E-state index contributed by atoms with van der Waals surface area (Å²) in [5.41, 5.74) is 0.900. The van der Waals surface area contributed by atoms with E-state index in [1.54, 1.807) is 36.5 Å². The number of benzene rings is 1. The van der Waals surface area contributed by atoms with Crippen molar-refractivity contribution in [2.24, 2.45) is 0 Å². The predicted octanol–water partition coefficient (Wildman–Crippen LogP) is 3.04. The predicted molar refractivity (Wildman–Crippen MR) is 85.5 cm³/mol. The fraction of sp³-hybridized carbons (Fsp3) is 0.353. The van der Waals surface area contributed by atoms with Gasteiger partial charge in [0.05, 0.1) is 24.9 Å². The SMILES string of the molecule is COC(=O)c1ccc(C(=O)Nc2ccnn2C2CCCC2)cc1. The minimum absolute atomic E-state index is 0.221. The molecule has 6 nitrogen and oxygen atoms in total. The molecule has 0 bridgehead atoms. The fourth-order valence-corrected chi connectivity index (χ4v) is 2.92. The van der Waals surface area contributed by atoms with E-state index >= 15 is 0 Å². The molecule has 1 saturated carbocycles. The highest BCUT2D eigenvalue weighted by Gasteiger charge is 2.20. The van der Waals surface area contributed by atoms with E-state index in [2.05, 4.69) is 15.2 Å². The van der Waals surface area contributed by atoms with Crippen molar-refractivity contribution in [2.45, 2.75) is 31.7 Å². The van der Waals surface area contributed by atoms with Gasteiger partial charge in [-0.05, 0) is 37.1 Å². The molecular weight excluding hydrogens is 294 g/mol. The molecule has 0 unspecified atom stereocenters. The lowest BCUT2D eigenvalue weighted by atomic mass is 10.1. The minimum Gasteiger partial charge on any atom is -0.465 e. The Morgan fingerprint density at radius 2 is 1.78 bits per heavy atom. The maximum absolute atomic E-state index is 12.4. The molecule has 1 amide bonds. The molecule has 1 aliphatic rings. The summed E-state index contributed by atoms with van der Waals surface area (Å²) in [7, 11) is 1.33. The number of hydrogen-bond donors (Lipinski definition) is 1. The third kappa shape index (κ3) is 3.26. The molecule has 23 heavy (non-hydrogen) atoms. The molecule has 1 fully saturated rings. The van der Waals surface area contributed by atoms with Gasteiger partial charge in [0.2, 0.25) is 0 Å². The fourth-order valence-electron chi connectivity index (χ4n) is 2.92. The molecule has 1 aliphatic carbocycles. The van der Waals surface area contributed by atoms with Crippen LogP contribution in [0.25, 0.3) is 0 Å². The first-order valence-corrected chi connectivity index (χ1v) is 7.72. The Bertz CT molecular complexity index is 700. The Labute approximate surface area is 134 Å². The van der Waals surface area contributed by atoms with Crippen LogP contribution in [0.1, 0.15) is 52.4 Å². The number of methoxy groups -OCH3 is 1. The van der Waals surface area contributed by atoms with Crippen molar-refractivity contribution >= 4 is 17.7 Å². The van der Waals surface area contributed by atoms with Crippen molar-refractivity contribution in [2.75, 3.05) is 12.4 Å². The van der Waals surface area contributed by atoms with Gasteiger partial charge in [0.1, 0.15) is 5.82 Å². The Balaban J connectivity index is 1.72. The number of nitrogens with one attached hydrogen (secondary N) is 1. The number of hydrogen-bond acceptors (Lipinski definition) is 4. The number of ether oxygens (including phenoxy) is 1. The molecule has 6 heteroatoms. The Morgan fingerprint density at radius 1 is 1.13 bits per heavy atom. The zero-order valence-electron chi connectivity index (χ0n) is 13.0. The third-order valence-corrected chi connectivity index (χ3v) is 4.15. The topological polar surface area (TPSA) is 73.2 Å². The van der Waals surface area contributed by atoms with Crippen LogP contribution in [0.15, 0.2) is 36.5 Å². The van der Waals surface area contributed by atoms with Gasteiger partial charge < -0.3 is 10.1 Å². The lowest BCUT2D eigenvalue weighted by Crippen LogP contribution is -2.17. The van der Waals surface area contributed by atoms with Gasteiger partial charge in [-0.25, -0.2) is 9.48 Å². The maximum Gasteiger partial charge on any atom is 0.337 e. The van der Waals surface area contributed by atoms with Crippen LogP contribution in [0.5, 0.6) is 0 Å². The Hall–Kier alpha value is -2.63. The Morgan fingerprint density at radius 3 is 2.43 bits per heavy atom. The van der Waals surface area contributed by atoms with Crippen LogP contribution in [0.3, 0.4) is 0 Å². The first kappa shape index (κ1) is 15.3. The van der Waals surface area contributed by atoms with Crippen molar-refractivity contribution in [3.05, 3.63) is 47.7 Å². The molecular formula is C17H19N3O3. The van der Waals surface area contributed by atoms with E-state index in [1.807, 2.05) is 4.68 Å². The lowest BCUT2D eigenvalue weighted by Gasteiger charge is -2.14. The summed E-state index contributed by atoms with van der Waals surface area (Å²) in [6, 6.07) is 8.54. The van der Waals surface area contributed by atoms with E-state index in [0.717, 1.165) is 12.8 Å². The van der Waals surface area contributed by atoms with E-state index in [4.69, 9.17) is 0 Å². The van der Waals surface area contributed by atoms with E-state index in [9.17, 15) is 9.59 Å². The molecule has 1 aromatic carbocycles. The smallest absolute Gasteiger partial charge is 0.337 e. The molecule has 0 radical (unpaired) electrons. The summed E-state index contributed by atoms with van der Waals surface area (Å²) < 4.78 is 6.54. The molecule has 0 aliphatic heterocycles. The highest BCUT2D eigenvalue weighted by Crippen LogP contribution is 2.31. The van der Waals surface area contributed by atoms with Crippen LogP contribution < -0.4 is 5.32 Å². The molecule has 0 spiro atoms. The number of carbonyl (C=O) groups excluding carboxylic acids is 2. The second kappa shape index (κ2) is 6.64. The van der Waals surface area contributed by atoms with E-state index in [-0.39, 0.29) is 5.91 Å². The van der Waals surface area contributed by atoms with Gasteiger partial charge in [-0.3, -0.25) is 4.79 Å². The van der Waals surface area contributed by atoms with Crippen molar-refractivity contribution in [3.8, 4) is 0 Å². The first-order valence-electron chi connectivity index (χ1n) is 7.72. The monoisotopic (exact) mass is 313 g/mol. The van der Waals surface area contributed by atoms with E-state index < -0.39 is 5.97 Å². The molecule has 2 aromatic rings. The zero-order chi connectivity index (χ0) is 16.2. The van der Waals surface area contributed by atoms with Gasteiger partial charge in [-0.2, -0.15) is 5.10 Å². The summed E-state index contributed by atoms with van der Waals surface area (Å²) in [6.45, 7) is 0. The van der Waals surface area contributed by atoms with Gasteiger partial charge in [0, 0.05) is 11.6 Å². The van der Waals surface area contributed by atoms with Gasteiger partial charge in [0.25, 0.3) is 5.91 Å². The van der Waals surface area contributed by atoms with Crippen LogP contribution in [-0.4, -0.2) is 28.8 Å². The highest BCUT2D eigenvalue weighted by molar-refractivity contribution is 6.04. The van der Waals surface area contributed by atoms with Crippen LogP contribution >= 0.6 is 0 Å². The molecule has 0 saturated heterocycles. The lowest BCUT2D eigenvalue weighted by molar-refractivity contribution is 0.0600. The molecule has 3 rings (SSSR count). The number of rotatable bonds is 4. The van der Waals surface area contributed by atoms with E-state index in [0.29, 0.717) is 23.0 Å². The summed E-state index contributed by atoms with van der Waals surface area (Å²) >= 11 is 0. The number of anilines is 1. The number of carbonyl (C=O) groups is 2. The Kier molecular flexibility index (Phi) is 4.41. The number of esters is 1. The summed E-state index contributed by atoms with van der Waals surface area (Å²) in [5.74, 6) is 0.0661. The van der Waals surface area contributed by atoms with Gasteiger partial charge in [0.15, 0.2) is 0 Å². The standard InChI is InChI=1S/C17H19N3O3/c1-23-17(22)13-8-6-12(7-9-13)16(21)19-15-10-11-18-20(15)14-4-2-3-5-14/h6-11,14H,2-5H2,1H3,(H,19,21). The summed E-state index contributed by atoms with van der Waals surface area (Å²) in [6.07, 6.45) is 6.30. The van der Waals surface area contributed by atoms with Crippen LogP contribution in [0.2, 0.25) is 0 Å². The van der Waals surface area contributed by atoms with Gasteiger partial charge in [-0.15, -0.1) is 0 Å². The highest BCUT2D eigenvalue weighted by atomic mass is 16.5. The van der Waals surface area contributed by atoms with Crippen molar-refractivity contribution in [3.63, 3.8) is 0 Å². The van der Waals surface area contributed by atoms with Gasteiger partial charge >= 0.3 is 5.97 Å². The largest absolute Gasteiger partial charge is 0.465 e. The number of aromatic nitrogens is 2. The maximum atomic E-state index is 12.4. The normalized spacial score (nSPS) is 14.7. The first-order chi connectivity index (χ1) is 11.2. The molecule has 0 atom stereocenters. The second-order valence-corrected chi connectivity index (χ2v) is 5.62.